The quantitative estimate of drug-likeness (QED) is 0.793. The van der Waals surface area contributed by atoms with E-state index in [0.717, 1.165) is 0 Å². The SMILES string of the molecule is COC(=O)c1cnc(-c2cc(OC)ccc2F)c(CCC#N)c1. The summed E-state index contributed by atoms with van der Waals surface area (Å²) in [6.45, 7) is 0. The summed E-state index contributed by atoms with van der Waals surface area (Å²) in [6, 6.07) is 7.94. The first-order valence-electron chi connectivity index (χ1n) is 6.88. The number of benzene rings is 1. The third-order valence-corrected chi connectivity index (χ3v) is 3.32. The lowest BCUT2D eigenvalue weighted by Gasteiger charge is -2.11. The molecule has 2 rings (SSSR count). The van der Waals surface area contributed by atoms with E-state index in [2.05, 4.69) is 9.72 Å². The number of hydrogen-bond acceptors (Lipinski definition) is 5. The van der Waals surface area contributed by atoms with E-state index in [0.29, 0.717) is 23.4 Å². The first kappa shape index (κ1) is 16.4. The highest BCUT2D eigenvalue weighted by Gasteiger charge is 2.16. The molecule has 0 radical (unpaired) electrons. The van der Waals surface area contributed by atoms with Crippen molar-refractivity contribution < 1.29 is 18.7 Å². The van der Waals surface area contributed by atoms with Crippen molar-refractivity contribution in [1.82, 2.24) is 4.98 Å². The number of nitriles is 1. The Labute approximate surface area is 133 Å². The highest BCUT2D eigenvalue weighted by molar-refractivity contribution is 5.89. The molecular weight excluding hydrogens is 299 g/mol. The zero-order valence-corrected chi connectivity index (χ0v) is 12.8. The Morgan fingerprint density at radius 1 is 1.35 bits per heavy atom. The number of nitrogens with zero attached hydrogens (tertiary/aromatic N) is 2. The van der Waals surface area contributed by atoms with Gasteiger partial charge < -0.3 is 9.47 Å². The molecule has 0 N–H and O–H groups in total. The maximum absolute atomic E-state index is 14.2. The average molecular weight is 314 g/mol. The molecule has 6 heteroatoms. The van der Waals surface area contributed by atoms with E-state index in [1.54, 1.807) is 6.07 Å². The molecule has 0 saturated carbocycles. The van der Waals surface area contributed by atoms with E-state index in [1.807, 2.05) is 6.07 Å². The number of esters is 1. The van der Waals surface area contributed by atoms with E-state index >= 15 is 0 Å². The molecule has 0 fully saturated rings. The highest BCUT2D eigenvalue weighted by atomic mass is 19.1. The normalized spacial score (nSPS) is 10.0. The van der Waals surface area contributed by atoms with Crippen LogP contribution in [0.15, 0.2) is 30.5 Å². The maximum atomic E-state index is 14.2. The Hall–Kier alpha value is -2.94. The summed E-state index contributed by atoms with van der Waals surface area (Å²) >= 11 is 0. The Bertz CT molecular complexity index is 769. The van der Waals surface area contributed by atoms with Gasteiger partial charge in [-0.15, -0.1) is 0 Å². The molecule has 1 aromatic heterocycles. The number of ether oxygens (including phenoxy) is 2. The van der Waals surface area contributed by atoms with Crippen LogP contribution in [0.2, 0.25) is 0 Å². The van der Waals surface area contributed by atoms with Crippen LogP contribution in [0, 0.1) is 17.1 Å². The molecule has 0 aliphatic rings. The van der Waals surface area contributed by atoms with E-state index in [-0.39, 0.29) is 17.5 Å². The molecule has 23 heavy (non-hydrogen) atoms. The van der Waals surface area contributed by atoms with Gasteiger partial charge in [-0.25, -0.2) is 9.18 Å². The molecule has 5 nitrogen and oxygen atoms in total. The predicted octanol–water partition coefficient (Wildman–Crippen LogP) is 3.14. The van der Waals surface area contributed by atoms with Crippen LogP contribution in [0.4, 0.5) is 4.39 Å². The molecule has 0 atom stereocenters. The molecule has 118 valence electrons. The van der Waals surface area contributed by atoms with Gasteiger partial charge in [0.25, 0.3) is 0 Å². The van der Waals surface area contributed by atoms with Crippen molar-refractivity contribution in [2.75, 3.05) is 14.2 Å². The lowest BCUT2D eigenvalue weighted by Crippen LogP contribution is -2.05. The van der Waals surface area contributed by atoms with Gasteiger partial charge in [-0.05, 0) is 36.2 Å². The van der Waals surface area contributed by atoms with Gasteiger partial charge in [0.2, 0.25) is 0 Å². The second-order valence-corrected chi connectivity index (χ2v) is 4.73. The molecule has 2 aromatic rings. The van der Waals surface area contributed by atoms with Gasteiger partial charge in [-0.2, -0.15) is 5.26 Å². The molecule has 0 amide bonds. The Kier molecular flexibility index (Phi) is 5.26. The van der Waals surface area contributed by atoms with Crippen LogP contribution in [0.25, 0.3) is 11.3 Å². The third-order valence-electron chi connectivity index (χ3n) is 3.32. The largest absolute Gasteiger partial charge is 0.497 e. The smallest absolute Gasteiger partial charge is 0.339 e. The number of aromatic nitrogens is 1. The average Bonchev–Trinajstić information content (AvgIpc) is 2.59. The molecular formula is C17H15FN2O3. The third kappa shape index (κ3) is 3.64. The van der Waals surface area contributed by atoms with Crippen molar-refractivity contribution in [3.05, 3.63) is 47.4 Å². The lowest BCUT2D eigenvalue weighted by atomic mass is 10.00. The molecule has 0 aliphatic heterocycles. The minimum absolute atomic E-state index is 0.227. The maximum Gasteiger partial charge on any atom is 0.339 e. The fraction of sp³-hybridized carbons (Fsp3) is 0.235. The standard InChI is InChI=1S/C17H15FN2O3/c1-22-13-5-6-15(18)14(9-13)16-11(4-3-7-19)8-12(10-20-16)17(21)23-2/h5-6,8-10H,3-4H2,1-2H3. The number of halogens is 1. The van der Waals surface area contributed by atoms with Crippen LogP contribution >= 0.6 is 0 Å². The molecule has 0 spiro atoms. The van der Waals surface area contributed by atoms with Gasteiger partial charge in [0.15, 0.2) is 0 Å². The molecule has 0 saturated heterocycles. The molecule has 1 heterocycles. The monoisotopic (exact) mass is 314 g/mol. The Balaban J connectivity index is 2.57. The van der Waals surface area contributed by atoms with Crippen molar-refractivity contribution in [1.29, 1.82) is 5.26 Å². The van der Waals surface area contributed by atoms with E-state index in [4.69, 9.17) is 10.00 Å². The fourth-order valence-corrected chi connectivity index (χ4v) is 2.18. The summed E-state index contributed by atoms with van der Waals surface area (Å²) < 4.78 is 23.9. The van der Waals surface area contributed by atoms with Crippen LogP contribution in [-0.4, -0.2) is 25.2 Å². The summed E-state index contributed by atoms with van der Waals surface area (Å²) in [7, 11) is 2.76. The van der Waals surface area contributed by atoms with E-state index < -0.39 is 11.8 Å². The highest BCUT2D eigenvalue weighted by Crippen LogP contribution is 2.29. The van der Waals surface area contributed by atoms with Crippen molar-refractivity contribution >= 4 is 5.97 Å². The van der Waals surface area contributed by atoms with Crippen LogP contribution < -0.4 is 4.74 Å². The Morgan fingerprint density at radius 2 is 2.13 bits per heavy atom. The number of pyridine rings is 1. The van der Waals surface area contributed by atoms with Crippen LogP contribution in [-0.2, 0) is 11.2 Å². The van der Waals surface area contributed by atoms with Gasteiger partial charge in [-0.3, -0.25) is 4.98 Å². The van der Waals surface area contributed by atoms with Crippen LogP contribution in [0.5, 0.6) is 5.75 Å². The summed E-state index contributed by atoms with van der Waals surface area (Å²) in [5, 5.41) is 8.79. The molecule has 1 aromatic carbocycles. The first-order chi connectivity index (χ1) is 11.1. The van der Waals surface area contributed by atoms with Crippen LogP contribution in [0.3, 0.4) is 0 Å². The number of carbonyl (C=O) groups excluding carboxylic acids is 1. The number of aryl methyl sites for hydroxylation is 1. The second kappa shape index (κ2) is 7.36. The minimum atomic E-state index is -0.534. The minimum Gasteiger partial charge on any atom is -0.497 e. The summed E-state index contributed by atoms with van der Waals surface area (Å²) in [5.41, 5.74) is 1.49. The zero-order chi connectivity index (χ0) is 16.8. The number of rotatable bonds is 5. The molecule has 0 bridgehead atoms. The van der Waals surface area contributed by atoms with Crippen molar-refractivity contribution in [2.45, 2.75) is 12.8 Å². The second-order valence-electron chi connectivity index (χ2n) is 4.73. The number of hydrogen-bond donors (Lipinski definition) is 0. The van der Waals surface area contributed by atoms with Gasteiger partial charge in [0, 0.05) is 18.2 Å². The van der Waals surface area contributed by atoms with Crippen molar-refractivity contribution in [3.63, 3.8) is 0 Å². The zero-order valence-electron chi connectivity index (χ0n) is 12.8. The molecule has 0 aliphatic carbocycles. The van der Waals surface area contributed by atoms with Crippen molar-refractivity contribution in [3.8, 4) is 23.1 Å². The van der Waals surface area contributed by atoms with Gasteiger partial charge >= 0.3 is 5.97 Å². The summed E-state index contributed by atoms with van der Waals surface area (Å²) in [4.78, 5) is 15.8. The van der Waals surface area contributed by atoms with Crippen molar-refractivity contribution in [2.24, 2.45) is 0 Å². The van der Waals surface area contributed by atoms with Gasteiger partial charge in [0.05, 0.1) is 31.5 Å². The summed E-state index contributed by atoms with van der Waals surface area (Å²) in [6.07, 6.45) is 1.90. The number of methoxy groups -OCH3 is 2. The lowest BCUT2D eigenvalue weighted by molar-refractivity contribution is 0.0600. The topological polar surface area (TPSA) is 72.2 Å². The summed E-state index contributed by atoms with van der Waals surface area (Å²) in [5.74, 6) is -0.498. The van der Waals surface area contributed by atoms with E-state index in [1.165, 1.54) is 38.6 Å². The van der Waals surface area contributed by atoms with Gasteiger partial charge in [0.1, 0.15) is 11.6 Å². The predicted molar refractivity (Wildman–Crippen MR) is 81.5 cm³/mol. The number of carbonyl (C=O) groups is 1. The van der Waals surface area contributed by atoms with Gasteiger partial charge in [-0.1, -0.05) is 0 Å². The Morgan fingerprint density at radius 3 is 2.78 bits per heavy atom. The van der Waals surface area contributed by atoms with E-state index in [9.17, 15) is 9.18 Å². The van der Waals surface area contributed by atoms with Crippen LogP contribution in [0.1, 0.15) is 22.3 Å². The first-order valence-corrected chi connectivity index (χ1v) is 6.88. The molecule has 0 unspecified atom stereocenters. The fourth-order valence-electron chi connectivity index (χ4n) is 2.18.